The number of piperazine rings is 1. The van der Waals surface area contributed by atoms with Crippen LogP contribution in [0.15, 0.2) is 0 Å². The molecule has 0 aromatic heterocycles. The lowest BCUT2D eigenvalue weighted by Crippen LogP contribution is -2.52. The maximum absolute atomic E-state index is 12.0. The number of rotatable bonds is 1. The minimum atomic E-state index is -4.06. The Kier molecular flexibility index (Phi) is 2.95. The average Bonchev–Trinajstić information content (AvgIpc) is 1.91. The fraction of sp³-hybridized carbons (Fsp3) is 1.00. The molecule has 1 aliphatic heterocycles. The largest absolute Gasteiger partial charge is 0.401 e. The Labute approximate surface area is 69.7 Å². The predicted molar refractivity (Wildman–Crippen MR) is 40.0 cm³/mol. The molecule has 1 heterocycles. The van der Waals surface area contributed by atoms with Crippen LogP contribution in [0, 0.1) is 0 Å². The summed E-state index contributed by atoms with van der Waals surface area (Å²) in [7, 11) is 0. The summed E-state index contributed by atoms with van der Waals surface area (Å²) in [6, 6.07) is -0.0135. The van der Waals surface area contributed by atoms with Crippen LogP contribution < -0.4 is 5.32 Å². The number of hydrogen-bond donors (Lipinski definition) is 1. The van der Waals surface area contributed by atoms with Gasteiger partial charge in [0.1, 0.15) is 0 Å². The van der Waals surface area contributed by atoms with Gasteiger partial charge in [-0.25, -0.2) is 0 Å². The first-order valence-electron chi connectivity index (χ1n) is 4.00. The number of halogens is 3. The van der Waals surface area contributed by atoms with Crippen LogP contribution in [0.5, 0.6) is 0 Å². The van der Waals surface area contributed by atoms with Crippen molar-refractivity contribution in [2.75, 3.05) is 26.2 Å². The van der Waals surface area contributed by atoms with Gasteiger partial charge in [0.15, 0.2) is 0 Å². The summed E-state index contributed by atoms with van der Waals surface area (Å²) in [6.07, 6.45) is -4.06. The highest BCUT2D eigenvalue weighted by Crippen LogP contribution is 2.18. The fourth-order valence-corrected chi connectivity index (χ4v) is 1.35. The minimum absolute atomic E-state index is 0.0135. The van der Waals surface area contributed by atoms with Crippen LogP contribution in [-0.4, -0.2) is 43.3 Å². The molecular formula is C7H13F3N2. The smallest absolute Gasteiger partial charge is 0.314 e. The highest BCUT2D eigenvalue weighted by Gasteiger charge is 2.33. The Bertz CT molecular complexity index is 146. The van der Waals surface area contributed by atoms with Gasteiger partial charge >= 0.3 is 6.18 Å². The number of nitrogens with zero attached hydrogens (tertiary/aromatic N) is 1. The van der Waals surface area contributed by atoms with Gasteiger partial charge in [-0.05, 0) is 6.92 Å². The van der Waals surface area contributed by atoms with Crippen molar-refractivity contribution in [2.24, 2.45) is 0 Å². The summed E-state index contributed by atoms with van der Waals surface area (Å²) in [5.74, 6) is 0. The summed E-state index contributed by atoms with van der Waals surface area (Å²) in [4.78, 5) is 1.45. The summed E-state index contributed by atoms with van der Waals surface area (Å²) in [5.41, 5.74) is 0. The fourth-order valence-electron chi connectivity index (χ4n) is 1.35. The molecule has 1 atom stereocenters. The molecule has 0 radical (unpaired) electrons. The van der Waals surface area contributed by atoms with E-state index in [1.807, 2.05) is 0 Å². The van der Waals surface area contributed by atoms with E-state index >= 15 is 0 Å². The van der Waals surface area contributed by atoms with Crippen molar-refractivity contribution in [3.63, 3.8) is 0 Å². The van der Waals surface area contributed by atoms with Crippen molar-refractivity contribution in [1.29, 1.82) is 0 Å². The average molecular weight is 182 g/mol. The summed E-state index contributed by atoms with van der Waals surface area (Å²) < 4.78 is 35.9. The third-order valence-electron chi connectivity index (χ3n) is 2.02. The van der Waals surface area contributed by atoms with E-state index in [1.165, 1.54) is 4.90 Å². The molecule has 0 bridgehead atoms. The summed E-state index contributed by atoms with van der Waals surface area (Å²) >= 11 is 0. The molecule has 1 aliphatic rings. The van der Waals surface area contributed by atoms with E-state index in [1.54, 1.807) is 6.92 Å². The lowest BCUT2D eigenvalue weighted by Gasteiger charge is -2.34. The lowest BCUT2D eigenvalue weighted by molar-refractivity contribution is -0.151. The third kappa shape index (κ3) is 2.98. The first kappa shape index (κ1) is 9.80. The second-order valence-electron chi connectivity index (χ2n) is 3.14. The van der Waals surface area contributed by atoms with Crippen molar-refractivity contribution >= 4 is 0 Å². The Morgan fingerprint density at radius 1 is 1.50 bits per heavy atom. The summed E-state index contributed by atoms with van der Waals surface area (Å²) in [5, 5.41) is 3.04. The molecule has 72 valence electrons. The van der Waals surface area contributed by atoms with E-state index in [-0.39, 0.29) is 6.04 Å². The van der Waals surface area contributed by atoms with Gasteiger partial charge in [-0.3, -0.25) is 4.90 Å². The number of nitrogens with one attached hydrogen (secondary N) is 1. The molecule has 0 aliphatic carbocycles. The van der Waals surface area contributed by atoms with Gasteiger partial charge in [0.2, 0.25) is 0 Å². The van der Waals surface area contributed by atoms with Crippen LogP contribution in [0.1, 0.15) is 6.92 Å². The molecular weight excluding hydrogens is 169 g/mol. The molecule has 12 heavy (non-hydrogen) atoms. The van der Waals surface area contributed by atoms with Crippen molar-refractivity contribution < 1.29 is 13.2 Å². The normalized spacial score (nSPS) is 27.5. The Morgan fingerprint density at radius 3 is 2.67 bits per heavy atom. The van der Waals surface area contributed by atoms with Crippen molar-refractivity contribution in [1.82, 2.24) is 10.2 Å². The van der Waals surface area contributed by atoms with Gasteiger partial charge in [-0.15, -0.1) is 0 Å². The van der Waals surface area contributed by atoms with E-state index in [2.05, 4.69) is 5.32 Å². The van der Waals surface area contributed by atoms with Crippen molar-refractivity contribution in [3.8, 4) is 0 Å². The van der Waals surface area contributed by atoms with E-state index in [0.717, 1.165) is 0 Å². The van der Waals surface area contributed by atoms with Gasteiger partial charge in [-0.2, -0.15) is 13.2 Å². The molecule has 0 aromatic carbocycles. The number of hydrogen-bond acceptors (Lipinski definition) is 2. The molecule has 2 nitrogen and oxygen atoms in total. The first-order chi connectivity index (χ1) is 5.49. The molecule has 0 spiro atoms. The van der Waals surface area contributed by atoms with Crippen LogP contribution in [-0.2, 0) is 0 Å². The molecule has 1 fully saturated rings. The summed E-state index contributed by atoms with van der Waals surface area (Å²) in [6.45, 7) is 2.81. The Hall–Kier alpha value is -0.290. The molecule has 1 N–H and O–H groups in total. The molecule has 0 aromatic rings. The Balaban J connectivity index is 2.39. The standard InChI is InChI=1S/C7H13F3N2/c1-6-4-11-2-3-12(6)5-7(8,9)10/h6,11H,2-5H2,1H3/t6-/m0/s1. The molecule has 0 unspecified atom stereocenters. The highest BCUT2D eigenvalue weighted by atomic mass is 19.4. The van der Waals surface area contributed by atoms with Gasteiger partial charge < -0.3 is 5.32 Å². The molecule has 1 saturated heterocycles. The van der Waals surface area contributed by atoms with E-state index in [9.17, 15) is 13.2 Å². The van der Waals surface area contributed by atoms with Crippen LogP contribution in [0.2, 0.25) is 0 Å². The quantitative estimate of drug-likeness (QED) is 0.646. The first-order valence-corrected chi connectivity index (χ1v) is 4.00. The van der Waals surface area contributed by atoms with Gasteiger partial charge in [0.25, 0.3) is 0 Å². The van der Waals surface area contributed by atoms with E-state index in [0.29, 0.717) is 19.6 Å². The third-order valence-corrected chi connectivity index (χ3v) is 2.02. The molecule has 0 saturated carbocycles. The molecule has 5 heteroatoms. The van der Waals surface area contributed by atoms with E-state index < -0.39 is 12.7 Å². The van der Waals surface area contributed by atoms with Crippen LogP contribution >= 0.6 is 0 Å². The van der Waals surface area contributed by atoms with Crippen LogP contribution in [0.4, 0.5) is 13.2 Å². The topological polar surface area (TPSA) is 15.3 Å². The SMILES string of the molecule is C[C@H]1CNCCN1CC(F)(F)F. The van der Waals surface area contributed by atoms with Crippen molar-refractivity contribution in [3.05, 3.63) is 0 Å². The second-order valence-corrected chi connectivity index (χ2v) is 3.14. The van der Waals surface area contributed by atoms with Gasteiger partial charge in [0.05, 0.1) is 6.54 Å². The van der Waals surface area contributed by atoms with Crippen LogP contribution in [0.25, 0.3) is 0 Å². The molecule has 1 rings (SSSR count). The van der Waals surface area contributed by atoms with Crippen molar-refractivity contribution in [2.45, 2.75) is 19.1 Å². The van der Waals surface area contributed by atoms with Crippen LogP contribution in [0.3, 0.4) is 0 Å². The van der Waals surface area contributed by atoms with E-state index in [4.69, 9.17) is 0 Å². The second kappa shape index (κ2) is 3.62. The highest BCUT2D eigenvalue weighted by molar-refractivity contribution is 4.77. The zero-order valence-electron chi connectivity index (χ0n) is 6.99. The minimum Gasteiger partial charge on any atom is -0.314 e. The molecule has 0 amide bonds. The maximum Gasteiger partial charge on any atom is 0.401 e. The zero-order valence-corrected chi connectivity index (χ0v) is 6.99. The Morgan fingerprint density at radius 2 is 2.17 bits per heavy atom. The predicted octanol–water partition coefficient (Wildman–Crippen LogP) is 0.842. The monoisotopic (exact) mass is 182 g/mol. The van der Waals surface area contributed by atoms with Gasteiger partial charge in [0, 0.05) is 25.7 Å². The van der Waals surface area contributed by atoms with Gasteiger partial charge in [-0.1, -0.05) is 0 Å². The maximum atomic E-state index is 12.0. The zero-order chi connectivity index (χ0) is 9.19. The number of alkyl halides is 3. The lowest BCUT2D eigenvalue weighted by atomic mass is 10.2.